The monoisotopic (exact) mass is 447 g/mol. The molecule has 1 aromatic carbocycles. The number of pyridine rings is 1. The zero-order chi connectivity index (χ0) is 19.0. The number of thioether (sulfide) groups is 1. The van der Waals surface area contributed by atoms with Crippen LogP contribution in [0.3, 0.4) is 0 Å². The van der Waals surface area contributed by atoms with E-state index in [2.05, 4.69) is 32.7 Å². The number of fused-ring (bicyclic) bond motifs is 1. The molecule has 2 aliphatic heterocycles. The Morgan fingerprint density at radius 1 is 1.33 bits per heavy atom. The van der Waals surface area contributed by atoms with E-state index in [-0.39, 0.29) is 17.8 Å². The van der Waals surface area contributed by atoms with Gasteiger partial charge < -0.3 is 14.7 Å². The molecule has 1 saturated heterocycles. The summed E-state index contributed by atoms with van der Waals surface area (Å²) in [6.07, 6.45) is 2.88. The second-order valence-electron chi connectivity index (χ2n) is 6.61. The van der Waals surface area contributed by atoms with Crippen LogP contribution in [0.2, 0.25) is 0 Å². The van der Waals surface area contributed by atoms with Crippen molar-refractivity contribution in [2.24, 2.45) is 4.99 Å². The Hall–Kier alpha value is -1.73. The zero-order valence-electron chi connectivity index (χ0n) is 15.3. The van der Waals surface area contributed by atoms with Crippen molar-refractivity contribution in [3.8, 4) is 11.5 Å². The Morgan fingerprint density at radius 3 is 2.89 bits per heavy atom. The number of hydrogen-bond acceptors (Lipinski definition) is 6. The Balaban J connectivity index is 1.83. The van der Waals surface area contributed by atoms with E-state index in [9.17, 15) is 5.11 Å². The molecule has 0 bridgehead atoms. The number of amidine groups is 1. The number of phenolic OH excluding ortho intramolecular Hbond substituents is 1. The number of aromatic nitrogens is 1. The number of rotatable bonds is 5. The minimum atomic E-state index is -0.0848. The maximum Gasteiger partial charge on any atom is 0.161 e. The molecular formula is C20H22BrN3O2S. The van der Waals surface area contributed by atoms with Crippen molar-refractivity contribution < 1.29 is 9.84 Å². The van der Waals surface area contributed by atoms with Crippen LogP contribution in [0.15, 0.2) is 46.0 Å². The fourth-order valence-electron chi connectivity index (χ4n) is 3.74. The smallest absolute Gasteiger partial charge is 0.161 e. The van der Waals surface area contributed by atoms with Gasteiger partial charge in [0.1, 0.15) is 6.04 Å². The van der Waals surface area contributed by atoms with Gasteiger partial charge in [0.25, 0.3) is 0 Å². The van der Waals surface area contributed by atoms with Crippen LogP contribution in [0.4, 0.5) is 0 Å². The van der Waals surface area contributed by atoms with Crippen molar-refractivity contribution in [2.45, 2.75) is 38.4 Å². The van der Waals surface area contributed by atoms with Crippen molar-refractivity contribution in [1.29, 1.82) is 0 Å². The molecule has 0 spiro atoms. The van der Waals surface area contributed by atoms with E-state index in [1.54, 1.807) is 6.07 Å². The van der Waals surface area contributed by atoms with E-state index in [1.165, 1.54) is 0 Å². The predicted molar refractivity (Wildman–Crippen MR) is 113 cm³/mol. The molecule has 3 unspecified atom stereocenters. The number of aromatic hydroxyl groups is 1. The average Bonchev–Trinajstić information content (AvgIpc) is 3.24. The quantitative estimate of drug-likeness (QED) is 0.703. The average molecular weight is 448 g/mol. The van der Waals surface area contributed by atoms with Crippen LogP contribution in [-0.4, -0.2) is 38.6 Å². The summed E-state index contributed by atoms with van der Waals surface area (Å²) >= 11 is 5.48. The topological polar surface area (TPSA) is 58.0 Å². The predicted octanol–water partition coefficient (Wildman–Crippen LogP) is 4.93. The summed E-state index contributed by atoms with van der Waals surface area (Å²) in [5, 5.41) is 11.3. The lowest BCUT2D eigenvalue weighted by molar-refractivity contribution is 0.252. The first-order chi connectivity index (χ1) is 13.1. The number of phenols is 1. The molecule has 2 aromatic rings. The second-order valence-corrected chi connectivity index (χ2v) is 8.45. The van der Waals surface area contributed by atoms with Crippen molar-refractivity contribution in [3.63, 3.8) is 0 Å². The minimum absolute atomic E-state index is 0.0176. The fourth-order valence-corrected chi connectivity index (χ4v) is 5.65. The maximum atomic E-state index is 10.2. The van der Waals surface area contributed by atoms with Crippen molar-refractivity contribution in [3.05, 3.63) is 52.3 Å². The van der Waals surface area contributed by atoms with Crippen LogP contribution < -0.4 is 4.74 Å². The van der Waals surface area contributed by atoms with Crippen molar-refractivity contribution in [2.75, 3.05) is 12.4 Å². The van der Waals surface area contributed by atoms with Crippen molar-refractivity contribution >= 4 is 32.9 Å². The van der Waals surface area contributed by atoms with Crippen molar-refractivity contribution in [1.82, 2.24) is 9.88 Å². The summed E-state index contributed by atoms with van der Waals surface area (Å²) in [6.45, 7) is 4.64. The Kier molecular flexibility index (Phi) is 5.32. The van der Waals surface area contributed by atoms with E-state index in [4.69, 9.17) is 9.73 Å². The summed E-state index contributed by atoms with van der Waals surface area (Å²) in [5.41, 5.74) is 2.02. The van der Waals surface area contributed by atoms with E-state index in [0.29, 0.717) is 18.4 Å². The molecule has 1 N–H and O–H groups in total. The zero-order valence-corrected chi connectivity index (χ0v) is 17.7. The van der Waals surface area contributed by atoms with Crippen LogP contribution in [-0.2, 0) is 0 Å². The minimum Gasteiger partial charge on any atom is -0.504 e. The van der Waals surface area contributed by atoms with Gasteiger partial charge in [0.2, 0.25) is 0 Å². The molecule has 1 fully saturated rings. The van der Waals surface area contributed by atoms with Gasteiger partial charge >= 0.3 is 0 Å². The summed E-state index contributed by atoms with van der Waals surface area (Å²) in [6, 6.07) is 9.99. The summed E-state index contributed by atoms with van der Waals surface area (Å²) in [5.74, 6) is 1.70. The number of aliphatic imine (C=N–C) groups is 1. The van der Waals surface area contributed by atoms with Gasteiger partial charge in [-0.1, -0.05) is 40.7 Å². The summed E-state index contributed by atoms with van der Waals surface area (Å²) in [7, 11) is 0. The third-order valence-electron chi connectivity index (χ3n) is 5.03. The van der Waals surface area contributed by atoms with E-state index < -0.39 is 0 Å². The summed E-state index contributed by atoms with van der Waals surface area (Å²) in [4.78, 5) is 12.0. The Bertz CT molecular complexity index is 862. The highest BCUT2D eigenvalue weighted by atomic mass is 79.9. The Morgan fingerprint density at radius 2 is 2.19 bits per heavy atom. The molecule has 7 heteroatoms. The summed E-state index contributed by atoms with van der Waals surface area (Å²) < 4.78 is 6.51. The second kappa shape index (κ2) is 7.72. The maximum absolute atomic E-state index is 10.2. The number of ether oxygens (including phenoxy) is 1. The third kappa shape index (κ3) is 3.31. The number of nitrogens with zero attached hydrogens (tertiary/aromatic N) is 3. The molecule has 0 aliphatic carbocycles. The highest BCUT2D eigenvalue weighted by molar-refractivity contribution is 9.10. The third-order valence-corrected chi connectivity index (χ3v) is 6.84. The molecule has 3 heterocycles. The van der Waals surface area contributed by atoms with Gasteiger partial charge in [-0.2, -0.15) is 0 Å². The van der Waals surface area contributed by atoms with Crippen LogP contribution in [0.1, 0.15) is 43.6 Å². The van der Waals surface area contributed by atoms with Gasteiger partial charge in [0, 0.05) is 22.5 Å². The van der Waals surface area contributed by atoms with Gasteiger partial charge in [-0.3, -0.25) is 9.98 Å². The van der Waals surface area contributed by atoms with Gasteiger partial charge in [-0.05, 0) is 43.2 Å². The first-order valence-electron chi connectivity index (χ1n) is 9.19. The normalized spacial score (nSPS) is 24.0. The van der Waals surface area contributed by atoms with Crippen LogP contribution in [0, 0.1) is 0 Å². The van der Waals surface area contributed by atoms with E-state index in [0.717, 1.165) is 33.1 Å². The van der Waals surface area contributed by atoms with E-state index >= 15 is 0 Å². The van der Waals surface area contributed by atoms with Crippen LogP contribution >= 0.6 is 27.7 Å². The molecule has 5 nitrogen and oxygen atoms in total. The fraction of sp³-hybridized carbons (Fsp3) is 0.400. The molecule has 0 amide bonds. The molecule has 27 heavy (non-hydrogen) atoms. The molecule has 1 aromatic heterocycles. The molecule has 2 aliphatic rings. The van der Waals surface area contributed by atoms with Crippen LogP contribution in [0.25, 0.3) is 0 Å². The molecule has 142 valence electrons. The lowest BCUT2D eigenvalue weighted by atomic mass is 9.95. The first-order valence-corrected chi connectivity index (χ1v) is 11.0. The Labute approximate surface area is 172 Å². The highest BCUT2D eigenvalue weighted by Crippen LogP contribution is 2.51. The molecule has 3 atom stereocenters. The number of halogens is 1. The molecular weight excluding hydrogens is 426 g/mol. The number of benzene rings is 1. The lowest BCUT2D eigenvalue weighted by Crippen LogP contribution is -2.35. The van der Waals surface area contributed by atoms with Crippen LogP contribution in [0.5, 0.6) is 11.5 Å². The van der Waals surface area contributed by atoms with Gasteiger partial charge in [0.05, 0.1) is 18.3 Å². The van der Waals surface area contributed by atoms with E-state index in [1.807, 2.05) is 49.1 Å². The van der Waals surface area contributed by atoms with Gasteiger partial charge in [-0.15, -0.1) is 0 Å². The lowest BCUT2D eigenvalue weighted by Gasteiger charge is -2.32. The standard InChI is InChI=1S/C20H22BrN3O2S/c1-3-12-11-27-20-23-18(15-7-5-6-8-22-15)19(24(12)20)13-9-17(26-4-2)16(25)10-14(13)21/h5-10,12,18-19,25H,3-4,11H2,1-2H3. The largest absolute Gasteiger partial charge is 0.504 e. The van der Waals surface area contributed by atoms with Gasteiger partial charge in [0.15, 0.2) is 16.7 Å². The van der Waals surface area contributed by atoms with Gasteiger partial charge in [-0.25, -0.2) is 0 Å². The highest BCUT2D eigenvalue weighted by Gasteiger charge is 2.46. The first kappa shape index (κ1) is 18.6. The molecule has 0 radical (unpaired) electrons. The molecule has 4 rings (SSSR count). The molecule has 0 saturated carbocycles. The number of hydrogen-bond donors (Lipinski definition) is 1. The SMILES string of the molecule is CCOc1cc(C2C(c3ccccn3)N=C3SCC(CC)N32)c(Br)cc1O.